The summed E-state index contributed by atoms with van der Waals surface area (Å²) >= 11 is 0. The Balaban J connectivity index is 1.93. The highest BCUT2D eigenvalue weighted by atomic mass is 19.4. The van der Waals surface area contributed by atoms with Gasteiger partial charge in [0.25, 0.3) is 0 Å². The van der Waals surface area contributed by atoms with Crippen molar-refractivity contribution in [3.8, 4) is 11.5 Å². The average molecular weight is 391 g/mol. The number of hydrogen-bond donors (Lipinski definition) is 1. The molecule has 1 heterocycles. The lowest BCUT2D eigenvalue weighted by molar-refractivity contribution is -0.159. The van der Waals surface area contributed by atoms with Crippen LogP contribution < -0.4 is 9.47 Å². The molecule has 1 aromatic carbocycles. The van der Waals surface area contributed by atoms with E-state index in [1.165, 1.54) is 24.1 Å². The van der Waals surface area contributed by atoms with Crippen LogP contribution in [-0.4, -0.2) is 67.6 Å². The van der Waals surface area contributed by atoms with Crippen LogP contribution in [0.1, 0.15) is 12.0 Å². The minimum Gasteiger partial charge on any atom is -0.493 e. The fourth-order valence-electron chi connectivity index (χ4n) is 2.58. The summed E-state index contributed by atoms with van der Waals surface area (Å²) in [5, 5.41) is 8.96. The number of carbonyl (C=O) groups excluding carboxylic acids is 1. The van der Waals surface area contributed by atoms with Crippen LogP contribution in [0.25, 0.3) is 0 Å². The first kappa shape index (κ1) is 20.8. The first-order valence-corrected chi connectivity index (χ1v) is 8.18. The van der Waals surface area contributed by atoms with E-state index in [1.54, 1.807) is 6.07 Å². The Labute approximate surface area is 153 Å². The third-order valence-corrected chi connectivity index (χ3v) is 3.94. The van der Waals surface area contributed by atoms with Gasteiger partial charge in [-0.15, -0.1) is 0 Å². The Kier molecular flexibility index (Phi) is 6.89. The van der Waals surface area contributed by atoms with Crippen molar-refractivity contribution in [2.45, 2.75) is 25.1 Å². The minimum absolute atomic E-state index is 0.0122. The van der Waals surface area contributed by atoms with E-state index in [9.17, 15) is 22.8 Å². The molecule has 0 saturated carbocycles. The summed E-state index contributed by atoms with van der Waals surface area (Å²) in [6.07, 6.45) is -5.04. The molecule has 0 unspecified atom stereocenters. The monoisotopic (exact) mass is 391 g/mol. The first-order valence-electron chi connectivity index (χ1n) is 8.18. The predicted octanol–water partition coefficient (Wildman–Crippen LogP) is 1.88. The Hall–Kier alpha value is -2.49. The van der Waals surface area contributed by atoms with E-state index in [1.807, 2.05) is 0 Å². The molecule has 27 heavy (non-hydrogen) atoms. The number of alkyl halides is 3. The zero-order valence-electron chi connectivity index (χ0n) is 14.6. The van der Waals surface area contributed by atoms with Crippen LogP contribution in [0.2, 0.25) is 0 Å². The van der Waals surface area contributed by atoms with Gasteiger partial charge in [0.15, 0.2) is 24.2 Å². The number of carboxylic acid groups (broad SMARTS) is 1. The molecule has 0 radical (unpaired) electrons. The van der Waals surface area contributed by atoms with E-state index in [2.05, 4.69) is 0 Å². The van der Waals surface area contributed by atoms with Crippen LogP contribution in [0, 0.1) is 0 Å². The van der Waals surface area contributed by atoms with Gasteiger partial charge in [-0.25, -0.2) is 4.79 Å². The summed E-state index contributed by atoms with van der Waals surface area (Å²) in [6, 6.07) is 4.43. The number of aryl methyl sites for hydroxylation is 1. The predicted molar refractivity (Wildman–Crippen MR) is 86.8 cm³/mol. The lowest BCUT2D eigenvalue weighted by Gasteiger charge is -2.31. The fraction of sp³-hybridized carbons (Fsp3) is 0.529. The van der Waals surface area contributed by atoms with Crippen molar-refractivity contribution in [2.75, 3.05) is 33.4 Å². The van der Waals surface area contributed by atoms with Crippen molar-refractivity contribution in [2.24, 2.45) is 0 Å². The summed E-state index contributed by atoms with van der Waals surface area (Å²) < 4.78 is 51.6. The van der Waals surface area contributed by atoms with Crippen LogP contribution in [0.3, 0.4) is 0 Å². The molecule has 1 saturated heterocycles. The fourth-order valence-corrected chi connectivity index (χ4v) is 2.58. The molecule has 10 heteroatoms. The molecule has 1 N–H and O–H groups in total. The third kappa shape index (κ3) is 6.31. The highest BCUT2D eigenvalue weighted by molar-refractivity contribution is 5.79. The quantitative estimate of drug-likeness (QED) is 0.764. The lowest BCUT2D eigenvalue weighted by Crippen LogP contribution is -2.48. The third-order valence-electron chi connectivity index (χ3n) is 3.94. The van der Waals surface area contributed by atoms with Crippen LogP contribution in [0.4, 0.5) is 13.2 Å². The summed E-state index contributed by atoms with van der Waals surface area (Å²) in [4.78, 5) is 24.7. The van der Waals surface area contributed by atoms with E-state index in [0.717, 1.165) is 0 Å². The number of nitrogens with zero attached hydrogens (tertiary/aromatic N) is 1. The Morgan fingerprint density at radius 1 is 1.33 bits per heavy atom. The number of ether oxygens (including phenoxy) is 3. The molecule has 1 fully saturated rings. The Bertz CT molecular complexity index is 679. The minimum atomic E-state index is -4.46. The summed E-state index contributed by atoms with van der Waals surface area (Å²) in [5.74, 6) is -1.24. The highest BCUT2D eigenvalue weighted by Crippen LogP contribution is 2.30. The van der Waals surface area contributed by atoms with Gasteiger partial charge in [-0.1, -0.05) is 6.07 Å². The normalized spacial score (nSPS) is 17.5. The first-order chi connectivity index (χ1) is 12.7. The van der Waals surface area contributed by atoms with Gasteiger partial charge in [0, 0.05) is 13.0 Å². The van der Waals surface area contributed by atoms with Crippen molar-refractivity contribution in [1.29, 1.82) is 0 Å². The number of hydrogen-bond acceptors (Lipinski definition) is 5. The van der Waals surface area contributed by atoms with Crippen LogP contribution in [0.5, 0.6) is 11.5 Å². The molecule has 150 valence electrons. The number of methoxy groups -OCH3 is 1. The number of morpholine rings is 1. The van der Waals surface area contributed by atoms with E-state index >= 15 is 0 Å². The molecule has 7 nitrogen and oxygen atoms in total. The summed E-state index contributed by atoms with van der Waals surface area (Å²) in [6.45, 7) is -0.970. The number of carboxylic acids is 1. The van der Waals surface area contributed by atoms with Gasteiger partial charge in [0.1, 0.15) is 0 Å². The van der Waals surface area contributed by atoms with Crippen LogP contribution in [0.15, 0.2) is 18.2 Å². The van der Waals surface area contributed by atoms with Gasteiger partial charge in [0.05, 0.1) is 20.3 Å². The highest BCUT2D eigenvalue weighted by Gasteiger charge is 2.30. The maximum atomic E-state index is 12.3. The van der Waals surface area contributed by atoms with E-state index < -0.39 is 24.9 Å². The molecule has 1 aromatic rings. The number of carbonyl (C=O) groups is 2. The summed E-state index contributed by atoms with van der Waals surface area (Å²) in [5.41, 5.74) is 0.683. The zero-order chi connectivity index (χ0) is 20.0. The molecule has 1 amide bonds. The van der Waals surface area contributed by atoms with Gasteiger partial charge in [-0.05, 0) is 24.1 Å². The topological polar surface area (TPSA) is 85.3 Å². The van der Waals surface area contributed by atoms with Crippen molar-refractivity contribution in [3.63, 3.8) is 0 Å². The number of halogens is 3. The molecule has 0 aliphatic carbocycles. The maximum absolute atomic E-state index is 12.3. The van der Waals surface area contributed by atoms with Gasteiger partial charge in [-0.3, -0.25) is 4.79 Å². The number of benzene rings is 1. The largest absolute Gasteiger partial charge is 0.493 e. The molecule has 1 atom stereocenters. The van der Waals surface area contributed by atoms with Gasteiger partial charge < -0.3 is 24.2 Å². The standard InChI is InChI=1S/C17H20F3NO6/c1-25-13-8-11(2-4-12(13)27-10-17(18,19)20)3-5-15(22)21-6-7-26-14(9-21)16(23)24/h2,4,8,14H,3,5-7,9-10H2,1H3,(H,23,24)/t14-/m1/s1. The SMILES string of the molecule is COc1cc(CCC(=O)N2CCO[C@@H](C(=O)O)C2)ccc1OCC(F)(F)F. The summed E-state index contributed by atoms with van der Waals surface area (Å²) in [7, 11) is 1.31. The van der Waals surface area contributed by atoms with E-state index in [-0.39, 0.29) is 37.0 Å². The molecular weight excluding hydrogens is 371 g/mol. The maximum Gasteiger partial charge on any atom is 0.422 e. The van der Waals surface area contributed by atoms with Gasteiger partial charge in [-0.2, -0.15) is 13.2 Å². The van der Waals surface area contributed by atoms with E-state index in [0.29, 0.717) is 18.5 Å². The number of rotatable bonds is 7. The van der Waals surface area contributed by atoms with Gasteiger partial charge in [0.2, 0.25) is 5.91 Å². The lowest BCUT2D eigenvalue weighted by atomic mass is 10.1. The van der Waals surface area contributed by atoms with Crippen molar-refractivity contribution < 1.29 is 42.1 Å². The van der Waals surface area contributed by atoms with E-state index in [4.69, 9.17) is 19.3 Å². The zero-order valence-corrected chi connectivity index (χ0v) is 14.6. The van der Waals surface area contributed by atoms with Crippen molar-refractivity contribution in [1.82, 2.24) is 4.90 Å². The molecule has 0 aromatic heterocycles. The van der Waals surface area contributed by atoms with Crippen molar-refractivity contribution in [3.05, 3.63) is 23.8 Å². The van der Waals surface area contributed by atoms with Crippen LogP contribution in [-0.2, 0) is 20.7 Å². The second-order valence-corrected chi connectivity index (χ2v) is 5.93. The van der Waals surface area contributed by atoms with Crippen LogP contribution >= 0.6 is 0 Å². The average Bonchev–Trinajstić information content (AvgIpc) is 2.64. The second kappa shape index (κ2) is 8.94. The molecule has 1 aliphatic heterocycles. The molecule has 2 rings (SSSR count). The molecular formula is C17H20F3NO6. The Morgan fingerprint density at radius 2 is 2.07 bits per heavy atom. The molecule has 1 aliphatic rings. The van der Waals surface area contributed by atoms with Crippen molar-refractivity contribution >= 4 is 11.9 Å². The second-order valence-electron chi connectivity index (χ2n) is 5.93. The smallest absolute Gasteiger partial charge is 0.422 e. The molecule has 0 bridgehead atoms. The number of aliphatic carboxylic acids is 1. The molecule has 0 spiro atoms. The Morgan fingerprint density at radius 3 is 2.70 bits per heavy atom. The number of amides is 1. The van der Waals surface area contributed by atoms with Gasteiger partial charge >= 0.3 is 12.1 Å².